The van der Waals surface area contributed by atoms with Gasteiger partial charge in [-0.15, -0.1) is 0 Å². The van der Waals surface area contributed by atoms with Gasteiger partial charge in [0.1, 0.15) is 5.02 Å². The molecule has 2 rings (SSSR count). The van der Waals surface area contributed by atoms with E-state index in [1.54, 1.807) is 13.0 Å². The van der Waals surface area contributed by atoms with Crippen molar-refractivity contribution in [3.05, 3.63) is 34.2 Å². The van der Waals surface area contributed by atoms with Crippen molar-refractivity contribution in [2.45, 2.75) is 59.7 Å². The number of aryl methyl sites for hydroxylation is 1. The summed E-state index contributed by atoms with van der Waals surface area (Å²) in [7, 11) is 0. The van der Waals surface area contributed by atoms with Gasteiger partial charge in [-0.3, -0.25) is 9.67 Å². The monoisotopic (exact) mass is 417 g/mol. The molecular weight excluding hydrogens is 395 g/mol. The molecular formula is C19H23ClF3N3O2. The van der Waals surface area contributed by atoms with Crippen LogP contribution in [0, 0.1) is 5.41 Å². The van der Waals surface area contributed by atoms with E-state index < -0.39 is 17.6 Å². The van der Waals surface area contributed by atoms with Gasteiger partial charge in [0, 0.05) is 30.4 Å². The first-order chi connectivity index (χ1) is 12.8. The molecule has 0 atom stereocenters. The minimum atomic E-state index is -4.36. The van der Waals surface area contributed by atoms with E-state index in [-0.39, 0.29) is 23.1 Å². The Hall–Kier alpha value is -2.09. The molecule has 0 aliphatic carbocycles. The van der Waals surface area contributed by atoms with E-state index in [2.05, 4.69) is 10.1 Å². The van der Waals surface area contributed by atoms with E-state index in [4.69, 9.17) is 11.6 Å². The summed E-state index contributed by atoms with van der Waals surface area (Å²) in [6.45, 7) is 8.25. The Labute approximate surface area is 166 Å². The van der Waals surface area contributed by atoms with E-state index in [1.807, 2.05) is 13.8 Å². The number of hydrogen-bond donors (Lipinski definition) is 1. The third-order valence-electron chi connectivity index (χ3n) is 4.66. The van der Waals surface area contributed by atoms with Crippen LogP contribution in [-0.2, 0) is 13.0 Å². The fourth-order valence-electron chi connectivity index (χ4n) is 2.90. The molecule has 0 bridgehead atoms. The maximum absolute atomic E-state index is 13.2. The zero-order valence-electron chi connectivity index (χ0n) is 16.4. The maximum Gasteiger partial charge on any atom is 0.394 e. The van der Waals surface area contributed by atoms with E-state index in [0.29, 0.717) is 23.5 Å². The molecule has 0 unspecified atom stereocenters. The SMILES string of the molecule is CCn1nc(C(=O)O)c(Cl)c1-c1cnc(CC(C)(C)C(F)(F)F)cc1C(C)C. The van der Waals surface area contributed by atoms with Crippen LogP contribution < -0.4 is 0 Å². The Morgan fingerprint density at radius 1 is 1.32 bits per heavy atom. The Morgan fingerprint density at radius 2 is 1.93 bits per heavy atom. The summed E-state index contributed by atoms with van der Waals surface area (Å²) in [5.41, 5.74) is -0.177. The lowest BCUT2D eigenvalue weighted by Crippen LogP contribution is -2.34. The van der Waals surface area contributed by atoms with Crippen LogP contribution in [0.15, 0.2) is 12.3 Å². The van der Waals surface area contributed by atoms with Crippen molar-refractivity contribution in [2.24, 2.45) is 5.41 Å². The number of halogens is 4. The van der Waals surface area contributed by atoms with Crippen LogP contribution in [0.2, 0.25) is 5.02 Å². The van der Waals surface area contributed by atoms with Crippen molar-refractivity contribution in [1.29, 1.82) is 0 Å². The van der Waals surface area contributed by atoms with Gasteiger partial charge in [0.25, 0.3) is 0 Å². The molecule has 0 saturated heterocycles. The predicted molar refractivity (Wildman–Crippen MR) is 101 cm³/mol. The van der Waals surface area contributed by atoms with E-state index in [0.717, 1.165) is 19.4 Å². The van der Waals surface area contributed by atoms with E-state index >= 15 is 0 Å². The topological polar surface area (TPSA) is 68.0 Å². The molecule has 0 radical (unpaired) electrons. The standard InChI is InChI=1S/C19H23ClF3N3O2/c1-6-26-16(14(20)15(25-26)17(27)28)13-9-24-11(7-12(13)10(2)3)8-18(4,5)19(21,22)23/h7,9-10H,6,8H2,1-5H3,(H,27,28). The smallest absolute Gasteiger partial charge is 0.394 e. The van der Waals surface area contributed by atoms with Gasteiger partial charge in [-0.1, -0.05) is 39.3 Å². The normalized spacial score (nSPS) is 12.6. The number of rotatable bonds is 6. The Bertz CT molecular complexity index is 889. The lowest BCUT2D eigenvalue weighted by molar-refractivity contribution is -0.211. The highest BCUT2D eigenvalue weighted by Crippen LogP contribution is 2.41. The number of alkyl halides is 3. The molecule has 0 saturated carbocycles. The summed E-state index contributed by atoms with van der Waals surface area (Å²) in [4.78, 5) is 15.6. The Balaban J connectivity index is 2.61. The van der Waals surface area contributed by atoms with Gasteiger partial charge < -0.3 is 5.11 Å². The van der Waals surface area contributed by atoms with Crippen molar-refractivity contribution in [3.63, 3.8) is 0 Å². The number of nitrogens with zero attached hydrogens (tertiary/aromatic N) is 3. The molecule has 154 valence electrons. The zero-order valence-corrected chi connectivity index (χ0v) is 17.1. The molecule has 0 amide bonds. The highest BCUT2D eigenvalue weighted by atomic mass is 35.5. The highest BCUT2D eigenvalue weighted by molar-refractivity contribution is 6.35. The first-order valence-corrected chi connectivity index (χ1v) is 9.23. The van der Waals surface area contributed by atoms with E-state index in [1.165, 1.54) is 10.9 Å². The highest BCUT2D eigenvalue weighted by Gasteiger charge is 2.47. The second kappa shape index (κ2) is 7.73. The lowest BCUT2D eigenvalue weighted by Gasteiger charge is -2.27. The first kappa shape index (κ1) is 22.2. The molecule has 1 N–H and O–H groups in total. The number of aromatic carboxylic acids is 1. The van der Waals surface area contributed by atoms with E-state index in [9.17, 15) is 23.1 Å². The number of pyridine rings is 1. The number of carbonyl (C=O) groups is 1. The van der Waals surface area contributed by atoms with Gasteiger partial charge in [0.15, 0.2) is 5.69 Å². The van der Waals surface area contributed by atoms with Crippen molar-refractivity contribution in [3.8, 4) is 11.3 Å². The fraction of sp³-hybridized carbons (Fsp3) is 0.526. The maximum atomic E-state index is 13.2. The average molecular weight is 418 g/mol. The molecule has 2 heterocycles. The zero-order chi connectivity index (χ0) is 21.4. The van der Waals surface area contributed by atoms with Crippen LogP contribution in [0.3, 0.4) is 0 Å². The second-order valence-electron chi connectivity index (χ2n) is 7.61. The third kappa shape index (κ3) is 4.16. The van der Waals surface area contributed by atoms with Gasteiger partial charge in [0.05, 0.1) is 11.1 Å². The second-order valence-corrected chi connectivity index (χ2v) is 7.99. The average Bonchev–Trinajstić information content (AvgIpc) is 2.90. The Morgan fingerprint density at radius 3 is 2.39 bits per heavy atom. The summed E-state index contributed by atoms with van der Waals surface area (Å²) < 4.78 is 41.2. The van der Waals surface area contributed by atoms with Gasteiger partial charge >= 0.3 is 12.1 Å². The molecule has 28 heavy (non-hydrogen) atoms. The summed E-state index contributed by atoms with van der Waals surface area (Å²) in [6, 6.07) is 1.64. The van der Waals surface area contributed by atoms with Crippen LogP contribution in [-0.4, -0.2) is 32.0 Å². The van der Waals surface area contributed by atoms with Gasteiger partial charge in [-0.2, -0.15) is 18.3 Å². The van der Waals surface area contributed by atoms with Crippen LogP contribution in [0.5, 0.6) is 0 Å². The number of aromatic nitrogens is 3. The molecule has 2 aromatic heterocycles. The summed E-state index contributed by atoms with van der Waals surface area (Å²) in [6.07, 6.45) is -3.17. The molecule has 0 aromatic carbocycles. The number of carboxylic acids is 1. The molecule has 0 aliphatic heterocycles. The van der Waals surface area contributed by atoms with Gasteiger partial charge in [-0.05, 0) is 24.5 Å². The van der Waals surface area contributed by atoms with Crippen molar-refractivity contribution < 1.29 is 23.1 Å². The van der Waals surface area contributed by atoms with Crippen LogP contribution in [0.4, 0.5) is 13.2 Å². The first-order valence-electron chi connectivity index (χ1n) is 8.85. The lowest BCUT2D eigenvalue weighted by atomic mass is 9.85. The van der Waals surface area contributed by atoms with Crippen LogP contribution in [0.1, 0.15) is 62.3 Å². The molecule has 0 spiro atoms. The molecule has 5 nitrogen and oxygen atoms in total. The predicted octanol–water partition coefficient (Wildman–Crippen LogP) is 5.57. The van der Waals surface area contributed by atoms with Crippen molar-refractivity contribution in [1.82, 2.24) is 14.8 Å². The molecule has 0 fully saturated rings. The quantitative estimate of drug-likeness (QED) is 0.667. The molecule has 0 aliphatic rings. The van der Waals surface area contributed by atoms with Crippen LogP contribution in [0.25, 0.3) is 11.3 Å². The fourth-order valence-corrected chi connectivity index (χ4v) is 3.22. The van der Waals surface area contributed by atoms with Crippen LogP contribution >= 0.6 is 11.6 Å². The Kier molecular flexibility index (Phi) is 6.13. The number of hydrogen-bond acceptors (Lipinski definition) is 3. The van der Waals surface area contributed by atoms with Crippen molar-refractivity contribution >= 4 is 17.6 Å². The third-order valence-corrected chi connectivity index (χ3v) is 5.01. The summed E-state index contributed by atoms with van der Waals surface area (Å²) in [5, 5.41) is 13.3. The molecule has 9 heteroatoms. The van der Waals surface area contributed by atoms with Crippen molar-refractivity contribution in [2.75, 3.05) is 0 Å². The van der Waals surface area contributed by atoms with Gasteiger partial charge in [-0.25, -0.2) is 4.79 Å². The molecule has 2 aromatic rings. The summed E-state index contributed by atoms with van der Waals surface area (Å²) >= 11 is 6.28. The summed E-state index contributed by atoms with van der Waals surface area (Å²) in [5.74, 6) is -1.30. The minimum absolute atomic E-state index is 0.0126. The number of carboxylic acid groups (broad SMARTS) is 1. The largest absolute Gasteiger partial charge is 0.476 e. The minimum Gasteiger partial charge on any atom is -0.476 e. The van der Waals surface area contributed by atoms with Gasteiger partial charge in [0.2, 0.25) is 0 Å².